The molecule has 17 heavy (non-hydrogen) atoms. The van der Waals surface area contributed by atoms with Crippen molar-refractivity contribution in [3.63, 3.8) is 0 Å². The third-order valence-electron chi connectivity index (χ3n) is 4.67. The predicted molar refractivity (Wildman–Crippen MR) is 70.5 cm³/mol. The first-order chi connectivity index (χ1) is 8.22. The number of benzene rings is 1. The molecule has 1 N–H and O–H groups in total. The molecule has 1 fully saturated rings. The number of aryl methyl sites for hydroxylation is 1. The van der Waals surface area contributed by atoms with E-state index < -0.39 is 0 Å². The smallest absolute Gasteiger partial charge is 0.0640 e. The highest BCUT2D eigenvalue weighted by Gasteiger charge is 2.43. The van der Waals surface area contributed by atoms with Crippen molar-refractivity contribution in [2.24, 2.45) is 0 Å². The first kappa shape index (κ1) is 11.6. The highest BCUT2D eigenvalue weighted by atomic mass is 35.5. The SMILES string of the molecule is OC1CCc2cc(Cl)ccc2C12CCCCC2. The Balaban J connectivity index is 2.09. The van der Waals surface area contributed by atoms with Crippen molar-refractivity contribution in [1.29, 1.82) is 0 Å². The summed E-state index contributed by atoms with van der Waals surface area (Å²) in [6, 6.07) is 6.24. The van der Waals surface area contributed by atoms with Crippen molar-refractivity contribution >= 4 is 11.6 Å². The van der Waals surface area contributed by atoms with E-state index in [-0.39, 0.29) is 11.5 Å². The lowest BCUT2D eigenvalue weighted by Crippen LogP contribution is -2.45. The molecule has 0 bridgehead atoms. The second-order valence-corrected chi connectivity index (χ2v) is 6.01. The van der Waals surface area contributed by atoms with Crippen LogP contribution in [0, 0.1) is 0 Å². The van der Waals surface area contributed by atoms with E-state index in [1.54, 1.807) is 0 Å². The Morgan fingerprint density at radius 3 is 2.71 bits per heavy atom. The van der Waals surface area contributed by atoms with Crippen molar-refractivity contribution in [1.82, 2.24) is 0 Å². The fourth-order valence-electron chi connectivity index (χ4n) is 3.79. The Morgan fingerprint density at radius 2 is 1.94 bits per heavy atom. The second kappa shape index (κ2) is 4.29. The van der Waals surface area contributed by atoms with Gasteiger partial charge in [0.05, 0.1) is 6.10 Å². The van der Waals surface area contributed by atoms with Crippen LogP contribution in [0.5, 0.6) is 0 Å². The van der Waals surface area contributed by atoms with Crippen molar-refractivity contribution in [2.45, 2.75) is 56.5 Å². The number of aliphatic hydroxyl groups excluding tert-OH is 1. The quantitative estimate of drug-likeness (QED) is 0.742. The molecule has 0 aromatic heterocycles. The molecular formula is C15H19ClO. The maximum absolute atomic E-state index is 10.5. The number of halogens is 1. The van der Waals surface area contributed by atoms with E-state index >= 15 is 0 Å². The van der Waals surface area contributed by atoms with Gasteiger partial charge in [-0.3, -0.25) is 0 Å². The third kappa shape index (κ3) is 1.80. The monoisotopic (exact) mass is 250 g/mol. The number of rotatable bonds is 0. The van der Waals surface area contributed by atoms with Gasteiger partial charge in [-0.05, 0) is 48.9 Å². The average molecular weight is 251 g/mol. The van der Waals surface area contributed by atoms with Gasteiger partial charge in [0.2, 0.25) is 0 Å². The predicted octanol–water partition coefficient (Wildman–Crippen LogP) is 3.85. The number of aliphatic hydroxyl groups is 1. The number of fused-ring (bicyclic) bond motifs is 2. The summed E-state index contributed by atoms with van der Waals surface area (Å²) in [6.45, 7) is 0. The first-order valence-electron chi connectivity index (χ1n) is 6.69. The molecule has 1 aromatic rings. The molecule has 2 aliphatic carbocycles. The highest BCUT2D eigenvalue weighted by molar-refractivity contribution is 6.30. The lowest BCUT2D eigenvalue weighted by molar-refractivity contribution is 0.0390. The molecule has 1 atom stereocenters. The van der Waals surface area contributed by atoms with Gasteiger partial charge in [-0.25, -0.2) is 0 Å². The summed E-state index contributed by atoms with van der Waals surface area (Å²) >= 11 is 6.08. The van der Waals surface area contributed by atoms with E-state index in [2.05, 4.69) is 12.1 Å². The lowest BCUT2D eigenvalue weighted by atomic mass is 9.61. The van der Waals surface area contributed by atoms with Crippen molar-refractivity contribution < 1.29 is 5.11 Å². The first-order valence-corrected chi connectivity index (χ1v) is 7.07. The van der Waals surface area contributed by atoms with Gasteiger partial charge in [-0.1, -0.05) is 36.9 Å². The summed E-state index contributed by atoms with van der Waals surface area (Å²) < 4.78 is 0. The molecule has 1 unspecified atom stereocenters. The molecule has 0 heterocycles. The van der Waals surface area contributed by atoms with Crippen LogP contribution in [-0.4, -0.2) is 11.2 Å². The van der Waals surface area contributed by atoms with Gasteiger partial charge in [0.15, 0.2) is 0 Å². The minimum absolute atomic E-state index is 0.0381. The van der Waals surface area contributed by atoms with Crippen LogP contribution in [0.15, 0.2) is 18.2 Å². The Kier molecular flexibility index (Phi) is 2.92. The van der Waals surface area contributed by atoms with Crippen LogP contribution >= 0.6 is 11.6 Å². The van der Waals surface area contributed by atoms with Crippen molar-refractivity contribution in [3.05, 3.63) is 34.3 Å². The minimum Gasteiger partial charge on any atom is -0.392 e. The molecule has 0 amide bonds. The van der Waals surface area contributed by atoms with E-state index in [9.17, 15) is 5.11 Å². The van der Waals surface area contributed by atoms with Crippen LogP contribution in [0.25, 0.3) is 0 Å². The topological polar surface area (TPSA) is 20.2 Å². The zero-order valence-corrected chi connectivity index (χ0v) is 10.8. The van der Waals surface area contributed by atoms with Crippen LogP contribution in [0.1, 0.15) is 49.7 Å². The molecule has 1 nitrogen and oxygen atoms in total. The lowest BCUT2D eigenvalue weighted by Gasteiger charge is -2.45. The molecule has 1 saturated carbocycles. The van der Waals surface area contributed by atoms with Gasteiger partial charge in [0.25, 0.3) is 0 Å². The highest BCUT2D eigenvalue weighted by Crippen LogP contribution is 2.47. The zero-order valence-electron chi connectivity index (χ0n) is 10.1. The average Bonchev–Trinajstić information content (AvgIpc) is 2.35. The molecule has 2 aliphatic rings. The Labute approximate surface area is 108 Å². The zero-order chi connectivity index (χ0) is 11.9. The molecule has 0 saturated heterocycles. The summed E-state index contributed by atoms with van der Waals surface area (Å²) in [5.74, 6) is 0. The van der Waals surface area contributed by atoms with Crippen molar-refractivity contribution in [3.8, 4) is 0 Å². The Morgan fingerprint density at radius 1 is 1.18 bits per heavy atom. The van der Waals surface area contributed by atoms with E-state index in [4.69, 9.17) is 11.6 Å². The van der Waals surface area contributed by atoms with E-state index in [1.807, 2.05) is 6.07 Å². The van der Waals surface area contributed by atoms with E-state index in [0.717, 1.165) is 30.7 Å². The van der Waals surface area contributed by atoms with Crippen LogP contribution in [0.2, 0.25) is 5.02 Å². The molecule has 0 aliphatic heterocycles. The van der Waals surface area contributed by atoms with E-state index in [0.29, 0.717) is 0 Å². The number of hydrogen-bond donors (Lipinski definition) is 1. The van der Waals surface area contributed by atoms with Gasteiger partial charge < -0.3 is 5.11 Å². The fraction of sp³-hybridized carbons (Fsp3) is 0.600. The van der Waals surface area contributed by atoms with Crippen LogP contribution in [-0.2, 0) is 11.8 Å². The summed E-state index contributed by atoms with van der Waals surface area (Å²) in [5, 5.41) is 11.3. The fourth-order valence-corrected chi connectivity index (χ4v) is 3.98. The molecule has 2 heteroatoms. The van der Waals surface area contributed by atoms with Crippen molar-refractivity contribution in [2.75, 3.05) is 0 Å². The van der Waals surface area contributed by atoms with Gasteiger partial charge in [0.1, 0.15) is 0 Å². The van der Waals surface area contributed by atoms with Crippen LogP contribution in [0.4, 0.5) is 0 Å². The van der Waals surface area contributed by atoms with Crippen LogP contribution in [0.3, 0.4) is 0 Å². The van der Waals surface area contributed by atoms with E-state index in [1.165, 1.54) is 30.4 Å². The third-order valence-corrected chi connectivity index (χ3v) is 4.91. The second-order valence-electron chi connectivity index (χ2n) is 5.57. The summed E-state index contributed by atoms with van der Waals surface area (Å²) in [5.41, 5.74) is 2.78. The van der Waals surface area contributed by atoms with Gasteiger partial charge in [-0.15, -0.1) is 0 Å². The maximum atomic E-state index is 10.5. The van der Waals surface area contributed by atoms with Crippen LogP contribution < -0.4 is 0 Å². The Bertz CT molecular complexity index is 421. The van der Waals surface area contributed by atoms with Gasteiger partial charge in [-0.2, -0.15) is 0 Å². The normalized spacial score (nSPS) is 26.8. The standard InChI is InChI=1S/C15H19ClO/c16-12-5-6-13-11(10-12)4-7-14(17)15(13)8-2-1-3-9-15/h5-6,10,14,17H,1-4,7-9H2. The molecule has 0 radical (unpaired) electrons. The summed E-state index contributed by atoms with van der Waals surface area (Å²) in [6.07, 6.45) is 7.81. The Hall–Kier alpha value is -0.530. The molecule has 3 rings (SSSR count). The molecular weight excluding hydrogens is 232 g/mol. The maximum Gasteiger partial charge on any atom is 0.0640 e. The minimum atomic E-state index is -0.156. The summed E-state index contributed by atoms with van der Waals surface area (Å²) in [4.78, 5) is 0. The molecule has 1 aromatic carbocycles. The number of hydrogen-bond acceptors (Lipinski definition) is 1. The molecule has 92 valence electrons. The van der Waals surface area contributed by atoms with Gasteiger partial charge in [0, 0.05) is 10.4 Å². The van der Waals surface area contributed by atoms with Gasteiger partial charge >= 0.3 is 0 Å². The summed E-state index contributed by atoms with van der Waals surface area (Å²) in [7, 11) is 0. The largest absolute Gasteiger partial charge is 0.392 e. The molecule has 1 spiro atoms.